The molecule has 0 saturated heterocycles. The van der Waals surface area contributed by atoms with Crippen LogP contribution in [-0.4, -0.2) is 12.2 Å². The van der Waals surface area contributed by atoms with Crippen molar-refractivity contribution in [1.82, 2.24) is 5.32 Å². The average molecular weight is 379 g/mol. The summed E-state index contributed by atoms with van der Waals surface area (Å²) in [4.78, 5) is 0. The summed E-state index contributed by atoms with van der Waals surface area (Å²) in [6, 6.07) is 14.1. The minimum absolute atomic E-state index is 0.113. The topological polar surface area (TPSA) is 33.3 Å². The molecule has 2 aromatic rings. The maximum atomic E-state index is 5.38. The Morgan fingerprint density at radius 1 is 1.18 bits per heavy atom. The van der Waals surface area contributed by atoms with Crippen molar-refractivity contribution in [2.24, 2.45) is 0 Å². The average Bonchev–Trinajstić information content (AvgIpc) is 2.51. The first-order valence-corrected chi connectivity index (χ1v) is 8.17. The van der Waals surface area contributed by atoms with E-state index in [1.54, 1.807) is 7.11 Å². The van der Waals surface area contributed by atoms with Crippen LogP contribution in [0.3, 0.4) is 0 Å². The van der Waals surface area contributed by atoms with E-state index in [-0.39, 0.29) is 6.04 Å². The monoisotopic (exact) mass is 378 g/mol. The molecule has 5 heteroatoms. The fraction of sp³-hybridized carbons (Fsp3) is 0.235. The molecule has 22 heavy (non-hydrogen) atoms. The molecule has 116 valence electrons. The summed E-state index contributed by atoms with van der Waals surface area (Å²) in [5, 5.41) is 7.09. The molecule has 0 heterocycles. The Kier molecular flexibility index (Phi) is 5.80. The number of benzene rings is 2. The first-order chi connectivity index (χ1) is 10.5. The van der Waals surface area contributed by atoms with Gasteiger partial charge in [-0.1, -0.05) is 28.1 Å². The van der Waals surface area contributed by atoms with Gasteiger partial charge in [0.1, 0.15) is 5.75 Å². The molecule has 0 unspecified atom stereocenters. The Morgan fingerprint density at radius 2 is 1.86 bits per heavy atom. The maximum absolute atomic E-state index is 5.38. The Bertz CT molecular complexity index is 658. The van der Waals surface area contributed by atoms with Gasteiger partial charge in [-0.2, -0.15) is 0 Å². The number of nitrogens with one attached hydrogen (secondary N) is 2. The van der Waals surface area contributed by atoms with E-state index in [0.717, 1.165) is 27.0 Å². The van der Waals surface area contributed by atoms with Crippen molar-refractivity contribution in [3.63, 3.8) is 0 Å². The zero-order valence-electron chi connectivity index (χ0n) is 12.8. The summed E-state index contributed by atoms with van der Waals surface area (Å²) in [6.45, 7) is 4.12. The minimum Gasteiger partial charge on any atom is -0.497 e. The van der Waals surface area contributed by atoms with Crippen molar-refractivity contribution >= 4 is 38.9 Å². The van der Waals surface area contributed by atoms with Crippen molar-refractivity contribution in [3.05, 3.63) is 58.1 Å². The lowest BCUT2D eigenvalue weighted by molar-refractivity contribution is 0.414. The molecule has 0 fully saturated rings. The van der Waals surface area contributed by atoms with E-state index >= 15 is 0 Å². The van der Waals surface area contributed by atoms with E-state index in [4.69, 9.17) is 17.0 Å². The van der Waals surface area contributed by atoms with Crippen LogP contribution >= 0.6 is 28.1 Å². The third-order valence-corrected chi connectivity index (χ3v) is 4.49. The van der Waals surface area contributed by atoms with Crippen molar-refractivity contribution in [2.45, 2.75) is 19.9 Å². The van der Waals surface area contributed by atoms with Gasteiger partial charge in [-0.3, -0.25) is 0 Å². The highest BCUT2D eigenvalue weighted by molar-refractivity contribution is 9.10. The molecule has 0 aliphatic carbocycles. The standard InChI is InChI=1S/C17H19BrN2OS/c1-11-10-14(6-9-16(11)18)20-17(22)19-12(2)13-4-7-15(21-3)8-5-13/h4-10,12H,1-3H3,(H2,19,20,22)/t12-/m0/s1. The number of hydrogen-bond donors (Lipinski definition) is 2. The van der Waals surface area contributed by atoms with Crippen molar-refractivity contribution in [3.8, 4) is 5.75 Å². The lowest BCUT2D eigenvalue weighted by Crippen LogP contribution is -2.30. The SMILES string of the molecule is COc1ccc([C@H](C)NC(=S)Nc2ccc(Br)c(C)c2)cc1. The van der Waals surface area contributed by atoms with Crippen molar-refractivity contribution in [1.29, 1.82) is 0 Å². The third-order valence-electron chi connectivity index (χ3n) is 3.38. The van der Waals surface area contributed by atoms with E-state index in [0.29, 0.717) is 5.11 Å². The number of ether oxygens (including phenoxy) is 1. The second-order valence-corrected chi connectivity index (χ2v) is 6.32. The number of halogens is 1. The van der Waals surface area contributed by atoms with E-state index in [2.05, 4.69) is 39.6 Å². The normalized spacial score (nSPS) is 11.6. The number of rotatable bonds is 4. The fourth-order valence-corrected chi connectivity index (χ4v) is 2.60. The Morgan fingerprint density at radius 3 is 2.45 bits per heavy atom. The molecule has 0 amide bonds. The van der Waals surface area contributed by atoms with Crippen LogP contribution in [0.15, 0.2) is 46.9 Å². The molecule has 0 bridgehead atoms. The summed E-state index contributed by atoms with van der Waals surface area (Å²) < 4.78 is 6.25. The highest BCUT2D eigenvalue weighted by atomic mass is 79.9. The van der Waals surface area contributed by atoms with E-state index in [9.17, 15) is 0 Å². The second kappa shape index (κ2) is 7.61. The van der Waals surface area contributed by atoms with Crippen LogP contribution in [0.2, 0.25) is 0 Å². The molecule has 2 rings (SSSR count). The molecule has 2 aromatic carbocycles. The van der Waals surface area contributed by atoms with Crippen LogP contribution in [0.1, 0.15) is 24.1 Å². The van der Waals surface area contributed by atoms with Crippen LogP contribution in [-0.2, 0) is 0 Å². The van der Waals surface area contributed by atoms with Gasteiger partial charge < -0.3 is 15.4 Å². The molecule has 0 spiro atoms. The minimum atomic E-state index is 0.113. The summed E-state index contributed by atoms with van der Waals surface area (Å²) >= 11 is 8.87. The maximum Gasteiger partial charge on any atom is 0.171 e. The molecular weight excluding hydrogens is 360 g/mol. The molecule has 3 nitrogen and oxygen atoms in total. The summed E-state index contributed by atoms with van der Waals surface area (Å²) in [7, 11) is 1.66. The highest BCUT2D eigenvalue weighted by Gasteiger charge is 2.08. The Balaban J connectivity index is 1.96. The van der Waals surface area contributed by atoms with Gasteiger partial charge in [-0.15, -0.1) is 0 Å². The predicted molar refractivity (Wildman–Crippen MR) is 99.6 cm³/mol. The molecule has 2 N–H and O–H groups in total. The number of hydrogen-bond acceptors (Lipinski definition) is 2. The van der Waals surface area contributed by atoms with Crippen LogP contribution in [0.4, 0.5) is 5.69 Å². The van der Waals surface area contributed by atoms with E-state index in [1.165, 1.54) is 0 Å². The van der Waals surface area contributed by atoms with Gasteiger partial charge in [-0.05, 0) is 67.5 Å². The first kappa shape index (κ1) is 16.8. The number of anilines is 1. The lowest BCUT2D eigenvalue weighted by atomic mass is 10.1. The Hall–Kier alpha value is -1.59. The van der Waals surface area contributed by atoms with Crippen LogP contribution in [0, 0.1) is 6.92 Å². The quantitative estimate of drug-likeness (QED) is 0.747. The zero-order chi connectivity index (χ0) is 16.1. The molecule has 1 atom stereocenters. The van der Waals surface area contributed by atoms with Gasteiger partial charge in [0.2, 0.25) is 0 Å². The fourth-order valence-electron chi connectivity index (χ4n) is 2.06. The van der Waals surface area contributed by atoms with Crippen LogP contribution in [0.5, 0.6) is 5.75 Å². The van der Waals surface area contributed by atoms with Gasteiger partial charge in [-0.25, -0.2) is 0 Å². The van der Waals surface area contributed by atoms with Gasteiger partial charge in [0.05, 0.1) is 13.2 Å². The van der Waals surface area contributed by atoms with Crippen LogP contribution < -0.4 is 15.4 Å². The van der Waals surface area contributed by atoms with Crippen molar-refractivity contribution in [2.75, 3.05) is 12.4 Å². The van der Waals surface area contributed by atoms with Gasteiger partial charge in [0, 0.05) is 10.2 Å². The Labute approximate surface area is 145 Å². The molecule has 0 aliphatic rings. The highest BCUT2D eigenvalue weighted by Crippen LogP contribution is 2.21. The number of thiocarbonyl (C=S) groups is 1. The van der Waals surface area contributed by atoms with Gasteiger partial charge in [0.15, 0.2) is 5.11 Å². The molecule has 0 radical (unpaired) electrons. The summed E-state index contributed by atoms with van der Waals surface area (Å²) in [5.41, 5.74) is 3.29. The number of methoxy groups -OCH3 is 1. The van der Waals surface area contributed by atoms with Crippen molar-refractivity contribution < 1.29 is 4.74 Å². The smallest absolute Gasteiger partial charge is 0.171 e. The third kappa shape index (κ3) is 4.45. The summed E-state index contributed by atoms with van der Waals surface area (Å²) in [5.74, 6) is 0.849. The molecule has 0 aromatic heterocycles. The van der Waals surface area contributed by atoms with E-state index < -0.39 is 0 Å². The van der Waals surface area contributed by atoms with Crippen LogP contribution in [0.25, 0.3) is 0 Å². The van der Waals surface area contributed by atoms with E-state index in [1.807, 2.05) is 43.3 Å². The van der Waals surface area contributed by atoms with Gasteiger partial charge in [0.25, 0.3) is 0 Å². The first-order valence-electron chi connectivity index (χ1n) is 6.97. The molecule has 0 saturated carbocycles. The summed E-state index contributed by atoms with van der Waals surface area (Å²) in [6.07, 6.45) is 0. The largest absolute Gasteiger partial charge is 0.497 e. The number of aryl methyl sites for hydroxylation is 1. The lowest BCUT2D eigenvalue weighted by Gasteiger charge is -2.18. The molecular formula is C17H19BrN2OS. The van der Waals surface area contributed by atoms with Gasteiger partial charge >= 0.3 is 0 Å². The second-order valence-electron chi connectivity index (χ2n) is 5.06. The molecule has 0 aliphatic heterocycles. The predicted octanol–water partition coefficient (Wildman–Crippen LogP) is 4.81. The zero-order valence-corrected chi connectivity index (χ0v) is 15.2.